The maximum atomic E-state index is 13.3. The van der Waals surface area contributed by atoms with Crippen molar-refractivity contribution in [1.29, 1.82) is 0 Å². The molecular formula is C20H15FN4O2. The summed E-state index contributed by atoms with van der Waals surface area (Å²) in [5.41, 5.74) is 2.47. The Kier molecular flexibility index (Phi) is 4.33. The number of hydrogen-bond donors (Lipinski definition) is 0. The van der Waals surface area contributed by atoms with Crippen molar-refractivity contribution < 1.29 is 13.9 Å². The molecule has 0 aromatic carbocycles. The lowest BCUT2D eigenvalue weighted by Crippen LogP contribution is -2.08. The van der Waals surface area contributed by atoms with Crippen LogP contribution in [0.25, 0.3) is 5.65 Å². The Balaban J connectivity index is 1.69. The standard InChI is InChI=1S/C20H15FN4O2/c1-13-3-2-4-15(24-13)8-19(26)18-9-17(12-25-6-5-23-20(18)25)27-16-7-14(21)10-22-11-16/h2-7,9-12H,8H2,1H3. The number of halogens is 1. The average molecular weight is 362 g/mol. The SMILES string of the molecule is Cc1cccc(CC(=O)c2cc(Oc3cncc(F)c3)cn3ccnc23)n1. The van der Waals surface area contributed by atoms with Crippen LogP contribution in [0.3, 0.4) is 0 Å². The largest absolute Gasteiger partial charge is 0.454 e. The van der Waals surface area contributed by atoms with E-state index in [4.69, 9.17) is 4.74 Å². The quantitative estimate of drug-likeness (QED) is 0.505. The minimum atomic E-state index is -0.502. The first-order valence-electron chi connectivity index (χ1n) is 8.29. The highest BCUT2D eigenvalue weighted by Gasteiger charge is 2.16. The highest BCUT2D eigenvalue weighted by Crippen LogP contribution is 2.25. The normalized spacial score (nSPS) is 10.9. The molecule has 27 heavy (non-hydrogen) atoms. The van der Waals surface area contributed by atoms with Gasteiger partial charge >= 0.3 is 0 Å². The third-order valence-electron chi connectivity index (χ3n) is 3.97. The van der Waals surface area contributed by atoms with Gasteiger partial charge in [-0.1, -0.05) is 6.07 Å². The zero-order chi connectivity index (χ0) is 18.8. The fraction of sp³-hybridized carbons (Fsp3) is 0.100. The van der Waals surface area contributed by atoms with Crippen LogP contribution in [0.2, 0.25) is 0 Å². The van der Waals surface area contributed by atoms with E-state index in [0.717, 1.165) is 11.9 Å². The summed E-state index contributed by atoms with van der Waals surface area (Å²) in [7, 11) is 0. The molecule has 0 radical (unpaired) electrons. The minimum absolute atomic E-state index is 0.132. The molecule has 0 fully saturated rings. The van der Waals surface area contributed by atoms with Crippen LogP contribution in [0, 0.1) is 12.7 Å². The number of Topliss-reactive ketones (excluding diaryl/α,β-unsaturated/α-hetero) is 1. The first-order valence-corrected chi connectivity index (χ1v) is 8.29. The molecule has 0 aliphatic rings. The zero-order valence-electron chi connectivity index (χ0n) is 14.5. The third kappa shape index (κ3) is 3.67. The number of nitrogens with zero attached hydrogens (tertiary/aromatic N) is 4. The molecule has 4 aromatic rings. The summed E-state index contributed by atoms with van der Waals surface area (Å²) in [6.45, 7) is 1.88. The highest BCUT2D eigenvalue weighted by atomic mass is 19.1. The molecule has 0 bridgehead atoms. The van der Waals surface area contributed by atoms with Gasteiger partial charge in [0.2, 0.25) is 0 Å². The van der Waals surface area contributed by atoms with Crippen LogP contribution in [0.4, 0.5) is 4.39 Å². The van der Waals surface area contributed by atoms with Crippen molar-refractivity contribution in [1.82, 2.24) is 19.4 Å². The van der Waals surface area contributed by atoms with Crippen molar-refractivity contribution in [2.75, 3.05) is 0 Å². The van der Waals surface area contributed by atoms with Gasteiger partial charge in [-0.2, -0.15) is 0 Å². The molecule has 0 aliphatic heterocycles. The van der Waals surface area contributed by atoms with Gasteiger partial charge in [0.25, 0.3) is 0 Å². The van der Waals surface area contributed by atoms with Gasteiger partial charge in [0.1, 0.15) is 23.0 Å². The summed E-state index contributed by atoms with van der Waals surface area (Å²) in [6, 6.07) is 8.38. The lowest BCUT2D eigenvalue weighted by atomic mass is 10.1. The summed E-state index contributed by atoms with van der Waals surface area (Å²) < 4.78 is 20.7. The van der Waals surface area contributed by atoms with Gasteiger partial charge < -0.3 is 9.14 Å². The molecule has 4 aromatic heterocycles. The van der Waals surface area contributed by atoms with Crippen molar-refractivity contribution in [2.24, 2.45) is 0 Å². The number of ether oxygens (including phenoxy) is 1. The van der Waals surface area contributed by atoms with E-state index < -0.39 is 5.82 Å². The molecular weight excluding hydrogens is 347 g/mol. The molecule has 7 heteroatoms. The Morgan fingerprint density at radius 2 is 2.11 bits per heavy atom. The monoisotopic (exact) mass is 362 g/mol. The Morgan fingerprint density at radius 3 is 2.93 bits per heavy atom. The Morgan fingerprint density at radius 1 is 1.22 bits per heavy atom. The van der Waals surface area contributed by atoms with Crippen molar-refractivity contribution in [2.45, 2.75) is 13.3 Å². The Hall–Kier alpha value is -3.61. The molecule has 4 heterocycles. The van der Waals surface area contributed by atoms with Crippen molar-refractivity contribution in [3.63, 3.8) is 0 Å². The van der Waals surface area contributed by atoms with Gasteiger partial charge in [-0.25, -0.2) is 9.37 Å². The summed E-state index contributed by atoms with van der Waals surface area (Å²) in [6.07, 6.45) is 7.64. The fourth-order valence-electron chi connectivity index (χ4n) is 2.81. The maximum absolute atomic E-state index is 13.3. The van der Waals surface area contributed by atoms with Gasteiger partial charge in [0, 0.05) is 29.8 Å². The van der Waals surface area contributed by atoms with Crippen LogP contribution in [0.5, 0.6) is 11.5 Å². The van der Waals surface area contributed by atoms with Crippen molar-refractivity contribution in [3.05, 3.63) is 84.1 Å². The van der Waals surface area contributed by atoms with Crippen molar-refractivity contribution in [3.8, 4) is 11.5 Å². The topological polar surface area (TPSA) is 69.4 Å². The Bertz CT molecular complexity index is 1140. The number of ketones is 1. The van der Waals surface area contributed by atoms with Crippen LogP contribution in [-0.4, -0.2) is 25.1 Å². The first-order chi connectivity index (χ1) is 13.1. The minimum Gasteiger partial charge on any atom is -0.454 e. The molecule has 4 rings (SSSR count). The smallest absolute Gasteiger partial charge is 0.172 e. The molecule has 0 N–H and O–H groups in total. The number of pyridine rings is 3. The molecule has 0 saturated carbocycles. The van der Waals surface area contributed by atoms with E-state index in [1.165, 1.54) is 12.3 Å². The lowest BCUT2D eigenvalue weighted by Gasteiger charge is -2.09. The molecule has 0 aliphatic carbocycles. The van der Waals surface area contributed by atoms with Gasteiger partial charge in [-0.05, 0) is 25.1 Å². The zero-order valence-corrected chi connectivity index (χ0v) is 14.5. The molecule has 6 nitrogen and oxygen atoms in total. The van der Waals surface area contributed by atoms with E-state index in [0.29, 0.717) is 22.7 Å². The first kappa shape index (κ1) is 16.8. The maximum Gasteiger partial charge on any atom is 0.172 e. The summed E-state index contributed by atoms with van der Waals surface area (Å²) in [5.74, 6) is -0.00758. The second kappa shape index (κ2) is 6.95. The van der Waals surface area contributed by atoms with E-state index in [1.807, 2.05) is 25.1 Å². The van der Waals surface area contributed by atoms with Crippen LogP contribution < -0.4 is 4.74 Å². The second-order valence-corrected chi connectivity index (χ2v) is 6.06. The van der Waals surface area contributed by atoms with Crippen LogP contribution in [0.1, 0.15) is 21.7 Å². The molecule has 0 atom stereocenters. The van der Waals surface area contributed by atoms with E-state index in [2.05, 4.69) is 15.0 Å². The molecule has 0 amide bonds. The number of carbonyl (C=O) groups excluding carboxylic acids is 1. The number of carbonyl (C=O) groups is 1. The molecule has 0 unspecified atom stereocenters. The van der Waals surface area contributed by atoms with E-state index in [9.17, 15) is 9.18 Å². The second-order valence-electron chi connectivity index (χ2n) is 6.06. The van der Waals surface area contributed by atoms with E-state index >= 15 is 0 Å². The number of imidazole rings is 1. The van der Waals surface area contributed by atoms with Crippen molar-refractivity contribution >= 4 is 11.4 Å². The van der Waals surface area contributed by atoms with Crippen LogP contribution in [-0.2, 0) is 6.42 Å². The summed E-state index contributed by atoms with van der Waals surface area (Å²) in [5, 5.41) is 0. The lowest BCUT2D eigenvalue weighted by molar-refractivity contribution is 0.0992. The van der Waals surface area contributed by atoms with E-state index in [-0.39, 0.29) is 18.0 Å². The molecule has 134 valence electrons. The predicted octanol–water partition coefficient (Wildman–Crippen LogP) is 3.79. The van der Waals surface area contributed by atoms with Gasteiger partial charge in [-0.3, -0.25) is 14.8 Å². The van der Waals surface area contributed by atoms with Gasteiger partial charge in [-0.15, -0.1) is 0 Å². The average Bonchev–Trinajstić information content (AvgIpc) is 3.09. The molecule has 0 saturated heterocycles. The molecule has 0 spiro atoms. The highest BCUT2D eigenvalue weighted by molar-refractivity contribution is 6.02. The van der Waals surface area contributed by atoms with Gasteiger partial charge in [0.05, 0.1) is 30.6 Å². The van der Waals surface area contributed by atoms with Crippen LogP contribution in [0.15, 0.2) is 61.3 Å². The van der Waals surface area contributed by atoms with Crippen LogP contribution >= 0.6 is 0 Å². The number of aromatic nitrogens is 4. The number of aryl methyl sites for hydroxylation is 1. The summed E-state index contributed by atoms with van der Waals surface area (Å²) in [4.78, 5) is 25.3. The number of fused-ring (bicyclic) bond motifs is 1. The number of rotatable bonds is 5. The Labute approximate surface area is 154 Å². The fourth-order valence-corrected chi connectivity index (χ4v) is 2.81. The summed E-state index contributed by atoms with van der Waals surface area (Å²) >= 11 is 0. The van der Waals surface area contributed by atoms with Gasteiger partial charge in [0.15, 0.2) is 5.78 Å². The number of hydrogen-bond acceptors (Lipinski definition) is 5. The van der Waals surface area contributed by atoms with E-state index in [1.54, 1.807) is 29.1 Å². The third-order valence-corrected chi connectivity index (χ3v) is 3.97. The predicted molar refractivity (Wildman–Crippen MR) is 96.5 cm³/mol.